The number of hydrogen-bond donors (Lipinski definition) is 4. The Morgan fingerprint density at radius 2 is 1.89 bits per heavy atom. The second kappa shape index (κ2) is 8.73. The zero-order chi connectivity index (χ0) is 26.5. The predicted octanol–water partition coefficient (Wildman–Crippen LogP) is 0.830. The van der Waals surface area contributed by atoms with E-state index in [-0.39, 0.29) is 30.2 Å². The number of carbonyl (C=O) groups is 3. The molecule has 1 saturated carbocycles. The second-order valence-electron chi connectivity index (χ2n) is 10.8. The molecule has 10 nitrogen and oxygen atoms in total. The predicted molar refractivity (Wildman–Crippen MR) is 116 cm³/mol. The number of nitrogens with zero attached hydrogens (tertiary/aromatic N) is 2. The van der Waals surface area contributed by atoms with Crippen LogP contribution in [0.1, 0.15) is 40.3 Å². The van der Waals surface area contributed by atoms with E-state index in [9.17, 15) is 37.6 Å². The van der Waals surface area contributed by atoms with Gasteiger partial charge in [0.2, 0.25) is 11.8 Å². The molecule has 2 fully saturated rings. The number of alkyl halides is 3. The number of halogens is 3. The molecule has 3 amide bonds. The maximum atomic E-state index is 13.5. The molecule has 1 aromatic heterocycles. The van der Waals surface area contributed by atoms with Crippen LogP contribution >= 0.6 is 0 Å². The largest absolute Gasteiger partial charge is 0.471 e. The number of aromatic nitrogens is 2. The molecule has 0 radical (unpaired) electrons. The van der Waals surface area contributed by atoms with Gasteiger partial charge in [0, 0.05) is 24.9 Å². The van der Waals surface area contributed by atoms with E-state index >= 15 is 0 Å². The molecular weight excluding hydrogens is 469 g/mol. The summed E-state index contributed by atoms with van der Waals surface area (Å²) in [5, 5.41) is 13.9. The number of likely N-dealkylation sites (tertiary alicyclic amines) is 1. The SMILES string of the molecule is CC(C)(C)[C@H](NC(=O)C(F)(F)F)C(=O)N1C[C@H]2[C@H]([C@H]1C(=O)NC(C#N)Cc1c[nH]c(=O)[nH]1)C2(C)C. The Kier molecular flexibility index (Phi) is 6.56. The maximum absolute atomic E-state index is 13.5. The molecule has 1 unspecified atom stereocenters. The molecule has 35 heavy (non-hydrogen) atoms. The van der Waals surface area contributed by atoms with Gasteiger partial charge in [0.05, 0.1) is 6.07 Å². The summed E-state index contributed by atoms with van der Waals surface area (Å²) in [5.74, 6) is -3.95. The highest BCUT2D eigenvalue weighted by molar-refractivity contribution is 5.95. The summed E-state index contributed by atoms with van der Waals surface area (Å²) in [7, 11) is 0. The topological polar surface area (TPSA) is 151 Å². The average molecular weight is 499 g/mol. The van der Waals surface area contributed by atoms with Crippen molar-refractivity contribution in [1.29, 1.82) is 5.26 Å². The lowest BCUT2D eigenvalue weighted by molar-refractivity contribution is -0.176. The molecule has 0 spiro atoms. The number of imidazole rings is 1. The zero-order valence-electron chi connectivity index (χ0n) is 20.0. The molecule has 1 aliphatic heterocycles. The molecular formula is C22H29F3N6O4. The van der Waals surface area contributed by atoms with E-state index in [0.717, 1.165) is 0 Å². The highest BCUT2D eigenvalue weighted by Gasteiger charge is 2.70. The number of carbonyl (C=O) groups excluding carboxylic acids is 3. The number of H-pyrrole nitrogens is 2. The van der Waals surface area contributed by atoms with Gasteiger partial charge in [0.1, 0.15) is 18.1 Å². The molecule has 0 aromatic carbocycles. The van der Waals surface area contributed by atoms with Crippen LogP contribution in [0.5, 0.6) is 0 Å². The van der Waals surface area contributed by atoms with Crippen molar-refractivity contribution in [3.63, 3.8) is 0 Å². The molecule has 2 aliphatic rings. The molecule has 5 atom stereocenters. The lowest BCUT2D eigenvalue weighted by Crippen LogP contribution is -2.61. The molecule has 0 bridgehead atoms. The fraction of sp³-hybridized carbons (Fsp3) is 0.682. The highest BCUT2D eigenvalue weighted by Crippen LogP contribution is 2.65. The van der Waals surface area contributed by atoms with Crippen LogP contribution in [0.25, 0.3) is 0 Å². The van der Waals surface area contributed by atoms with E-state index in [4.69, 9.17) is 0 Å². The zero-order valence-corrected chi connectivity index (χ0v) is 20.0. The van der Waals surface area contributed by atoms with Crippen molar-refractivity contribution in [2.24, 2.45) is 22.7 Å². The first-order valence-electron chi connectivity index (χ1n) is 11.1. The Balaban J connectivity index is 1.83. The normalized spacial score (nSPS) is 24.7. The number of nitriles is 1. The number of hydrogen-bond acceptors (Lipinski definition) is 5. The van der Waals surface area contributed by atoms with Gasteiger partial charge in [0.25, 0.3) is 0 Å². The fourth-order valence-corrected chi connectivity index (χ4v) is 4.93. The van der Waals surface area contributed by atoms with Gasteiger partial charge in [-0.1, -0.05) is 34.6 Å². The van der Waals surface area contributed by atoms with Crippen molar-refractivity contribution in [1.82, 2.24) is 25.5 Å². The van der Waals surface area contributed by atoms with Crippen LogP contribution in [0.4, 0.5) is 13.2 Å². The van der Waals surface area contributed by atoms with Gasteiger partial charge < -0.3 is 25.5 Å². The lowest BCUT2D eigenvalue weighted by Gasteiger charge is -2.37. The number of rotatable bonds is 6. The molecule has 1 saturated heterocycles. The van der Waals surface area contributed by atoms with Gasteiger partial charge in [0.15, 0.2) is 0 Å². The van der Waals surface area contributed by atoms with Crippen molar-refractivity contribution in [2.75, 3.05) is 6.54 Å². The number of piperidine rings is 1. The third-order valence-electron chi connectivity index (χ3n) is 6.95. The average Bonchev–Trinajstić information content (AvgIpc) is 3.10. The van der Waals surface area contributed by atoms with E-state index in [1.807, 2.05) is 19.9 Å². The first-order chi connectivity index (χ1) is 16.0. The van der Waals surface area contributed by atoms with Crippen LogP contribution in [-0.2, 0) is 20.8 Å². The Morgan fingerprint density at radius 1 is 1.26 bits per heavy atom. The van der Waals surface area contributed by atoms with Gasteiger partial charge in [-0.2, -0.15) is 18.4 Å². The Bertz CT molecular complexity index is 1110. The van der Waals surface area contributed by atoms with Crippen molar-refractivity contribution in [2.45, 2.75) is 65.3 Å². The van der Waals surface area contributed by atoms with Crippen LogP contribution < -0.4 is 16.3 Å². The van der Waals surface area contributed by atoms with Crippen LogP contribution in [0.3, 0.4) is 0 Å². The van der Waals surface area contributed by atoms with E-state index in [0.29, 0.717) is 5.69 Å². The fourth-order valence-electron chi connectivity index (χ4n) is 4.93. The summed E-state index contributed by atoms with van der Waals surface area (Å²) in [5.41, 5.74) is -1.42. The van der Waals surface area contributed by atoms with Crippen molar-refractivity contribution >= 4 is 17.7 Å². The summed E-state index contributed by atoms with van der Waals surface area (Å²) >= 11 is 0. The van der Waals surface area contributed by atoms with Crippen molar-refractivity contribution in [3.8, 4) is 6.07 Å². The number of amides is 3. The van der Waals surface area contributed by atoms with E-state index in [2.05, 4.69) is 15.3 Å². The minimum atomic E-state index is -5.17. The van der Waals surface area contributed by atoms with E-state index in [1.165, 1.54) is 31.9 Å². The van der Waals surface area contributed by atoms with E-state index in [1.54, 1.807) is 5.32 Å². The van der Waals surface area contributed by atoms with Gasteiger partial charge in [-0.05, 0) is 22.7 Å². The third kappa shape index (κ3) is 5.21. The van der Waals surface area contributed by atoms with Crippen LogP contribution in [0.2, 0.25) is 0 Å². The Hall–Kier alpha value is -3.30. The van der Waals surface area contributed by atoms with E-state index < -0.39 is 53.1 Å². The summed E-state index contributed by atoms with van der Waals surface area (Å²) in [6.07, 6.45) is -3.79. The lowest BCUT2D eigenvalue weighted by atomic mass is 9.85. The van der Waals surface area contributed by atoms with Crippen LogP contribution in [-0.4, -0.2) is 63.4 Å². The summed E-state index contributed by atoms with van der Waals surface area (Å²) in [4.78, 5) is 55.8. The van der Waals surface area contributed by atoms with Gasteiger partial charge in [-0.15, -0.1) is 0 Å². The van der Waals surface area contributed by atoms with Gasteiger partial charge in [-0.25, -0.2) is 4.79 Å². The minimum absolute atomic E-state index is 0.00535. The van der Waals surface area contributed by atoms with Crippen LogP contribution in [0.15, 0.2) is 11.0 Å². The second-order valence-corrected chi connectivity index (χ2v) is 10.8. The maximum Gasteiger partial charge on any atom is 0.471 e. The molecule has 4 N–H and O–H groups in total. The number of nitrogens with one attached hydrogen (secondary N) is 4. The smallest absolute Gasteiger partial charge is 0.338 e. The first-order valence-corrected chi connectivity index (χ1v) is 11.1. The highest BCUT2D eigenvalue weighted by atomic mass is 19.4. The monoisotopic (exact) mass is 498 g/mol. The quantitative estimate of drug-likeness (QED) is 0.458. The first kappa shape index (κ1) is 26.3. The number of aromatic amines is 2. The molecule has 192 valence electrons. The molecule has 2 heterocycles. The Labute approximate surface area is 199 Å². The molecule has 13 heteroatoms. The van der Waals surface area contributed by atoms with Gasteiger partial charge >= 0.3 is 17.8 Å². The minimum Gasteiger partial charge on any atom is -0.338 e. The number of fused-ring (bicyclic) bond motifs is 1. The van der Waals surface area contributed by atoms with Crippen LogP contribution in [0, 0.1) is 34.0 Å². The summed E-state index contributed by atoms with van der Waals surface area (Å²) in [6.45, 7) is 8.57. The van der Waals surface area contributed by atoms with Crippen molar-refractivity contribution < 1.29 is 27.6 Å². The summed E-state index contributed by atoms with van der Waals surface area (Å²) in [6, 6.07) is -1.62. The summed E-state index contributed by atoms with van der Waals surface area (Å²) < 4.78 is 38.8. The standard InChI is InChI=1S/C22H29F3N6O4/c1-20(2,3)15(30-18(34)22(23,24)25)17(33)31-9-12-13(21(12,4)5)14(31)16(32)28-10(7-26)6-11-8-27-19(35)29-11/h8,10,12-15H,6,9H2,1-5H3,(H,28,32)(H,30,34)(H2,27,29,35)/t10?,12-,13+,14-,15+/m0/s1. The molecule has 3 rings (SSSR count). The van der Waals surface area contributed by atoms with Gasteiger partial charge in [-0.3, -0.25) is 14.4 Å². The molecule has 1 aromatic rings. The molecule has 1 aliphatic carbocycles. The third-order valence-corrected chi connectivity index (χ3v) is 6.95. The van der Waals surface area contributed by atoms with Crippen molar-refractivity contribution in [3.05, 3.63) is 22.4 Å². The Morgan fingerprint density at radius 3 is 2.37 bits per heavy atom.